The van der Waals surface area contributed by atoms with Crippen molar-refractivity contribution in [1.29, 1.82) is 0 Å². The van der Waals surface area contributed by atoms with Crippen molar-refractivity contribution in [3.8, 4) is 11.3 Å². The summed E-state index contributed by atoms with van der Waals surface area (Å²) in [6.45, 7) is 4.10. The Morgan fingerprint density at radius 3 is 2.65 bits per heavy atom. The molecule has 4 rings (SSSR count). The van der Waals surface area contributed by atoms with E-state index in [4.69, 9.17) is 0 Å². The minimum Gasteiger partial charge on any atom is -0.229 e. The van der Waals surface area contributed by atoms with Gasteiger partial charge in [0, 0.05) is 5.56 Å². The van der Waals surface area contributed by atoms with E-state index in [1.165, 1.54) is 41.2 Å². The Balaban J connectivity index is 1.76. The third-order valence-electron chi connectivity index (χ3n) is 4.74. The lowest BCUT2D eigenvalue weighted by Gasteiger charge is -2.03. The predicted octanol–water partition coefficient (Wildman–Crippen LogP) is 3.88. The lowest BCUT2D eigenvalue weighted by Crippen LogP contribution is -2.36. The Morgan fingerprint density at radius 2 is 1.87 bits per heavy atom. The van der Waals surface area contributed by atoms with Gasteiger partial charge in [-0.05, 0) is 48.7 Å². The summed E-state index contributed by atoms with van der Waals surface area (Å²) < 4.78 is 17.9. The van der Waals surface area contributed by atoms with E-state index >= 15 is 0 Å². The molecule has 0 spiro atoms. The van der Waals surface area contributed by atoms with Crippen LogP contribution in [0.1, 0.15) is 23.4 Å². The summed E-state index contributed by atoms with van der Waals surface area (Å²) in [4.78, 5) is 0. The van der Waals surface area contributed by atoms with Crippen molar-refractivity contribution in [3.63, 3.8) is 0 Å². The van der Waals surface area contributed by atoms with Gasteiger partial charge in [-0.3, -0.25) is 0 Å². The Bertz CT molecular complexity index is 847. The highest BCUT2D eigenvalue weighted by Gasteiger charge is 2.28. The Hall–Kier alpha value is -2.42. The summed E-state index contributed by atoms with van der Waals surface area (Å²) in [6, 6.07) is 15.3. The number of imidazole rings is 1. The number of aromatic nitrogens is 2. The molecule has 2 nitrogen and oxygen atoms in total. The molecule has 0 unspecified atom stereocenters. The maximum absolute atomic E-state index is 13.2. The van der Waals surface area contributed by atoms with Gasteiger partial charge in [0.25, 0.3) is 5.82 Å². The first-order valence-electron chi connectivity index (χ1n) is 8.14. The zero-order chi connectivity index (χ0) is 15.8. The van der Waals surface area contributed by atoms with Crippen molar-refractivity contribution >= 4 is 0 Å². The summed E-state index contributed by atoms with van der Waals surface area (Å²) in [5.74, 6) is 1.18. The molecule has 3 aromatic rings. The summed E-state index contributed by atoms with van der Waals surface area (Å²) in [5, 5.41) is 0. The Morgan fingerprint density at radius 1 is 1.09 bits per heavy atom. The van der Waals surface area contributed by atoms with Crippen LogP contribution in [0.4, 0.5) is 4.39 Å². The van der Waals surface area contributed by atoms with E-state index in [2.05, 4.69) is 46.5 Å². The quantitative estimate of drug-likeness (QED) is 0.649. The fourth-order valence-electron chi connectivity index (χ4n) is 3.47. The molecular weight excluding hydrogens is 287 g/mol. The first-order valence-corrected chi connectivity index (χ1v) is 8.14. The third kappa shape index (κ3) is 2.56. The highest BCUT2D eigenvalue weighted by atomic mass is 19.1. The van der Waals surface area contributed by atoms with Gasteiger partial charge in [0.15, 0.2) is 5.69 Å². The number of hydrogen-bond acceptors (Lipinski definition) is 0. The van der Waals surface area contributed by atoms with Crippen molar-refractivity contribution < 1.29 is 8.96 Å². The molecule has 116 valence electrons. The summed E-state index contributed by atoms with van der Waals surface area (Å²) in [7, 11) is 0. The van der Waals surface area contributed by atoms with Gasteiger partial charge in [0.2, 0.25) is 0 Å². The van der Waals surface area contributed by atoms with Crippen LogP contribution in [0.5, 0.6) is 0 Å². The molecule has 0 saturated carbocycles. The van der Waals surface area contributed by atoms with Crippen molar-refractivity contribution in [2.75, 3.05) is 0 Å². The standard InChI is InChI=1S/C20H20FN2/c1-15-5-2-3-6-17(15)13-22-14-19(23-12-4-7-20(22)23)16-8-10-18(21)11-9-16/h2-3,5-6,8-11,14H,4,7,12-13H2,1H3/q+1. The second-order valence-electron chi connectivity index (χ2n) is 6.25. The van der Waals surface area contributed by atoms with E-state index in [9.17, 15) is 4.39 Å². The van der Waals surface area contributed by atoms with Crippen molar-refractivity contribution in [2.24, 2.45) is 0 Å². The van der Waals surface area contributed by atoms with Crippen molar-refractivity contribution in [1.82, 2.24) is 4.57 Å². The van der Waals surface area contributed by atoms with Gasteiger partial charge in [-0.1, -0.05) is 24.3 Å². The van der Waals surface area contributed by atoms with Crippen LogP contribution in [0, 0.1) is 12.7 Å². The van der Waals surface area contributed by atoms with Crippen LogP contribution in [-0.2, 0) is 19.5 Å². The normalized spacial score (nSPS) is 13.3. The number of aryl methyl sites for hydroxylation is 1. The second-order valence-corrected chi connectivity index (χ2v) is 6.25. The molecule has 0 fully saturated rings. The highest BCUT2D eigenvalue weighted by molar-refractivity contribution is 5.58. The van der Waals surface area contributed by atoms with Crippen LogP contribution in [0.15, 0.2) is 54.7 Å². The molecule has 1 aromatic heterocycles. The lowest BCUT2D eigenvalue weighted by molar-refractivity contribution is -0.694. The van der Waals surface area contributed by atoms with Gasteiger partial charge in [-0.15, -0.1) is 0 Å². The SMILES string of the molecule is Cc1ccccc1C[n+]1cc(-c2ccc(F)cc2)n2c1CCC2. The molecule has 3 heteroatoms. The first-order chi connectivity index (χ1) is 11.2. The maximum atomic E-state index is 13.2. The van der Waals surface area contributed by atoms with Gasteiger partial charge in [-0.25, -0.2) is 13.5 Å². The van der Waals surface area contributed by atoms with E-state index in [0.717, 1.165) is 25.1 Å². The van der Waals surface area contributed by atoms with Crippen molar-refractivity contribution in [3.05, 3.63) is 77.5 Å². The molecule has 2 heterocycles. The van der Waals surface area contributed by atoms with Gasteiger partial charge in [0.05, 0.1) is 13.0 Å². The second kappa shape index (κ2) is 5.65. The van der Waals surface area contributed by atoms with E-state index < -0.39 is 0 Å². The van der Waals surface area contributed by atoms with Crippen LogP contribution >= 0.6 is 0 Å². The molecule has 0 atom stereocenters. The van der Waals surface area contributed by atoms with Gasteiger partial charge >= 0.3 is 0 Å². The molecule has 1 aliphatic rings. The molecule has 0 saturated heterocycles. The van der Waals surface area contributed by atoms with Gasteiger partial charge in [0.1, 0.15) is 18.6 Å². The molecule has 0 bridgehead atoms. The minimum atomic E-state index is -0.185. The van der Waals surface area contributed by atoms with Gasteiger partial charge < -0.3 is 0 Å². The Kier molecular flexibility index (Phi) is 3.49. The zero-order valence-corrected chi connectivity index (χ0v) is 13.3. The molecule has 2 aromatic carbocycles. The van der Waals surface area contributed by atoms with E-state index in [1.807, 2.05) is 12.1 Å². The molecule has 0 N–H and O–H groups in total. The summed E-state index contributed by atoms with van der Waals surface area (Å²) in [5.41, 5.74) is 4.94. The third-order valence-corrected chi connectivity index (χ3v) is 4.74. The monoisotopic (exact) mass is 307 g/mol. The Labute approximate surface area is 135 Å². The fraction of sp³-hybridized carbons (Fsp3) is 0.250. The van der Waals surface area contributed by atoms with E-state index in [-0.39, 0.29) is 5.82 Å². The minimum absolute atomic E-state index is 0.185. The highest BCUT2D eigenvalue weighted by Crippen LogP contribution is 2.25. The maximum Gasteiger partial charge on any atom is 0.257 e. The molecule has 1 aliphatic heterocycles. The fourth-order valence-corrected chi connectivity index (χ4v) is 3.47. The largest absolute Gasteiger partial charge is 0.257 e. The number of rotatable bonds is 3. The molecule has 23 heavy (non-hydrogen) atoms. The lowest BCUT2D eigenvalue weighted by atomic mass is 10.1. The van der Waals surface area contributed by atoms with Crippen LogP contribution in [-0.4, -0.2) is 4.57 Å². The van der Waals surface area contributed by atoms with Gasteiger partial charge in [-0.2, -0.15) is 0 Å². The van der Waals surface area contributed by atoms with E-state index in [0.29, 0.717) is 0 Å². The van der Waals surface area contributed by atoms with Crippen LogP contribution < -0.4 is 4.57 Å². The average Bonchev–Trinajstić information content (AvgIpc) is 3.14. The average molecular weight is 307 g/mol. The number of nitrogens with zero attached hydrogens (tertiary/aromatic N) is 2. The smallest absolute Gasteiger partial charge is 0.229 e. The summed E-state index contributed by atoms with van der Waals surface area (Å²) >= 11 is 0. The molecule has 0 aliphatic carbocycles. The topological polar surface area (TPSA) is 8.81 Å². The van der Waals surface area contributed by atoms with Crippen LogP contribution in [0.25, 0.3) is 11.3 Å². The number of hydrogen-bond donors (Lipinski definition) is 0. The number of fused-ring (bicyclic) bond motifs is 1. The number of halogens is 1. The van der Waals surface area contributed by atoms with Crippen LogP contribution in [0.2, 0.25) is 0 Å². The molecule has 0 radical (unpaired) electrons. The zero-order valence-electron chi connectivity index (χ0n) is 13.3. The van der Waals surface area contributed by atoms with E-state index in [1.54, 1.807) is 0 Å². The molecule has 0 amide bonds. The predicted molar refractivity (Wildman–Crippen MR) is 88.6 cm³/mol. The van der Waals surface area contributed by atoms with Crippen molar-refractivity contribution in [2.45, 2.75) is 32.9 Å². The first kappa shape index (κ1) is 14.2. The molecular formula is C20H20FN2+. The summed E-state index contributed by atoms with van der Waals surface area (Å²) in [6.07, 6.45) is 4.50. The number of benzene rings is 2. The van der Waals surface area contributed by atoms with Crippen LogP contribution in [0.3, 0.4) is 0 Å².